The zero-order valence-corrected chi connectivity index (χ0v) is 32.9. The van der Waals surface area contributed by atoms with Gasteiger partial charge in [-0.2, -0.15) is 0 Å². The van der Waals surface area contributed by atoms with Crippen LogP contribution in [0.4, 0.5) is 0 Å². The van der Waals surface area contributed by atoms with Crippen molar-refractivity contribution in [3.05, 3.63) is 193 Å². The molecule has 0 fully saturated rings. The average Bonchev–Trinajstić information content (AvgIpc) is 3.95. The Bertz CT molecular complexity index is 3700. The van der Waals surface area contributed by atoms with Gasteiger partial charge in [0.2, 0.25) is 0 Å². The van der Waals surface area contributed by atoms with E-state index in [1.54, 1.807) is 11.3 Å². The van der Waals surface area contributed by atoms with Crippen LogP contribution >= 0.6 is 11.3 Å². The van der Waals surface area contributed by atoms with E-state index >= 15 is 0 Å². The maximum absolute atomic E-state index is 8.83. The van der Waals surface area contributed by atoms with Gasteiger partial charge in [0, 0.05) is 58.7 Å². The number of para-hydroxylation sites is 2. The molecular formula is C54H36N4S. The molecule has 3 heterocycles. The van der Waals surface area contributed by atoms with E-state index in [0.29, 0.717) is 23.0 Å². The number of nitrogens with zero attached hydrogens (tertiary/aromatic N) is 4. The second kappa shape index (κ2) is 12.9. The molecule has 1 aliphatic carbocycles. The first-order valence-corrected chi connectivity index (χ1v) is 20.5. The molecule has 59 heavy (non-hydrogen) atoms. The van der Waals surface area contributed by atoms with Gasteiger partial charge in [-0.3, -0.25) is 0 Å². The van der Waals surface area contributed by atoms with E-state index in [2.05, 4.69) is 122 Å². The van der Waals surface area contributed by atoms with Crippen molar-refractivity contribution in [2.45, 2.75) is 19.3 Å². The number of rotatable bonds is 5. The average molecular weight is 778 g/mol. The minimum absolute atomic E-state index is 0.168. The summed E-state index contributed by atoms with van der Waals surface area (Å²) in [7, 11) is 0. The Hall–Kier alpha value is -7.21. The quantitative estimate of drug-likeness (QED) is 0.175. The van der Waals surface area contributed by atoms with Gasteiger partial charge in [-0.15, -0.1) is 11.3 Å². The van der Waals surface area contributed by atoms with Crippen molar-refractivity contribution < 1.29 is 6.85 Å². The summed E-state index contributed by atoms with van der Waals surface area (Å²) < 4.78 is 47.0. The molecule has 12 rings (SSSR count). The molecule has 0 radical (unpaired) electrons. The normalized spacial score (nSPS) is 14.2. The Morgan fingerprint density at radius 2 is 1.14 bits per heavy atom. The van der Waals surface area contributed by atoms with Gasteiger partial charge < -0.3 is 4.57 Å². The van der Waals surface area contributed by atoms with Crippen molar-refractivity contribution in [1.29, 1.82) is 0 Å². The zero-order valence-electron chi connectivity index (χ0n) is 37.1. The molecule has 278 valence electrons. The number of hydrogen-bond acceptors (Lipinski definition) is 4. The molecule has 8 aromatic carbocycles. The van der Waals surface area contributed by atoms with E-state index in [1.165, 1.54) is 22.3 Å². The van der Waals surface area contributed by atoms with Gasteiger partial charge in [0.05, 0.1) is 17.9 Å². The van der Waals surface area contributed by atoms with E-state index in [1.807, 2.05) is 48.5 Å². The van der Waals surface area contributed by atoms with Crippen LogP contribution in [0.25, 0.3) is 104 Å². The Labute approximate surface area is 352 Å². The third-order valence-corrected chi connectivity index (χ3v) is 13.1. The highest BCUT2D eigenvalue weighted by Crippen LogP contribution is 2.52. The monoisotopic (exact) mass is 777 g/mol. The summed E-state index contributed by atoms with van der Waals surface area (Å²) >= 11 is 1.62. The second-order valence-corrected chi connectivity index (χ2v) is 16.7. The predicted octanol–water partition coefficient (Wildman–Crippen LogP) is 14.3. The first kappa shape index (κ1) is 29.1. The maximum Gasteiger partial charge on any atom is 0.165 e. The van der Waals surface area contributed by atoms with Gasteiger partial charge in [0.25, 0.3) is 0 Å². The predicted molar refractivity (Wildman–Crippen MR) is 246 cm³/mol. The van der Waals surface area contributed by atoms with Crippen LogP contribution in [-0.2, 0) is 5.41 Å². The van der Waals surface area contributed by atoms with Gasteiger partial charge >= 0.3 is 0 Å². The lowest BCUT2D eigenvalue weighted by Crippen LogP contribution is -2.17. The summed E-state index contributed by atoms with van der Waals surface area (Å²) in [6.45, 7) is 4.55. The van der Waals surface area contributed by atoms with Gasteiger partial charge in [-0.1, -0.05) is 159 Å². The molecule has 0 amide bonds. The van der Waals surface area contributed by atoms with Crippen LogP contribution in [0.1, 0.15) is 31.8 Å². The summed E-state index contributed by atoms with van der Waals surface area (Å²) in [5.41, 5.74) is 10.9. The lowest BCUT2D eigenvalue weighted by atomic mass is 9.80. The molecule has 0 atom stereocenters. The summed E-state index contributed by atoms with van der Waals surface area (Å²) in [6, 6.07) is 50.5. The summed E-state index contributed by atoms with van der Waals surface area (Å²) in [4.78, 5) is 16.0. The zero-order chi connectivity index (χ0) is 43.6. The topological polar surface area (TPSA) is 43.6 Å². The number of hydrogen-bond donors (Lipinski definition) is 0. The SMILES string of the molecule is [2H]c1c([2H])c([2H])c(-c2ccc3sc4c(-c5nc(-c6ccccc6)nc(-c6cccc7c6C(C)(C)c6ccccc6-7)n5)cc(-n5c6ccccc6c6ccccc65)cc4c3c2)c([2H])c1[2H]. The van der Waals surface area contributed by atoms with Crippen LogP contribution in [0.15, 0.2) is 182 Å². The summed E-state index contributed by atoms with van der Waals surface area (Å²) in [5.74, 6) is 1.67. The molecule has 0 N–H and O–H groups in total. The molecule has 0 aliphatic heterocycles. The highest BCUT2D eigenvalue weighted by Gasteiger charge is 2.38. The van der Waals surface area contributed by atoms with E-state index in [4.69, 9.17) is 21.8 Å². The maximum atomic E-state index is 8.83. The van der Waals surface area contributed by atoms with Crippen molar-refractivity contribution in [2.24, 2.45) is 0 Å². The fourth-order valence-electron chi connectivity index (χ4n) is 9.28. The van der Waals surface area contributed by atoms with Crippen LogP contribution in [0.3, 0.4) is 0 Å². The van der Waals surface area contributed by atoms with Gasteiger partial charge in [-0.05, 0) is 69.8 Å². The van der Waals surface area contributed by atoms with Crippen LogP contribution < -0.4 is 0 Å². The molecule has 0 unspecified atom stereocenters. The molecule has 0 saturated carbocycles. The van der Waals surface area contributed by atoms with Crippen molar-refractivity contribution in [3.63, 3.8) is 0 Å². The third kappa shape index (κ3) is 5.18. The standard InChI is InChI=1S/C54H36N4S/c1-54(2)45-25-12-9-20-37(45)40-23-15-24-41(49(40)54)52-55-51(34-18-7-4-8-19-34)56-53(57-52)44-32-36(58-46-26-13-10-21-38(46)39-22-11-14-27-47(39)58)31-43-42-30-35(33-16-5-3-6-17-33)28-29-48(42)59-50(43)44/h3-32H,1-2H3/i3D,5D,6D,16D,17D. The number of thiophene rings is 1. The molecule has 0 saturated heterocycles. The molecular weight excluding hydrogens is 737 g/mol. The van der Waals surface area contributed by atoms with Crippen LogP contribution in [0.2, 0.25) is 0 Å². The molecule has 5 heteroatoms. The first-order chi connectivity index (χ1) is 31.1. The first-order valence-electron chi connectivity index (χ1n) is 22.2. The highest BCUT2D eigenvalue weighted by atomic mass is 32.1. The van der Waals surface area contributed by atoms with Crippen molar-refractivity contribution in [2.75, 3.05) is 0 Å². The Balaban J connectivity index is 1.18. The minimum Gasteiger partial charge on any atom is -0.309 e. The molecule has 0 bridgehead atoms. The smallest absolute Gasteiger partial charge is 0.165 e. The lowest BCUT2D eigenvalue weighted by Gasteiger charge is -2.24. The number of aromatic nitrogens is 4. The molecule has 11 aromatic rings. The Morgan fingerprint density at radius 1 is 0.492 bits per heavy atom. The molecule has 1 aliphatic rings. The van der Waals surface area contributed by atoms with Gasteiger partial charge in [0.15, 0.2) is 17.5 Å². The van der Waals surface area contributed by atoms with Crippen LogP contribution in [0.5, 0.6) is 0 Å². The lowest BCUT2D eigenvalue weighted by molar-refractivity contribution is 0.661. The summed E-state index contributed by atoms with van der Waals surface area (Å²) in [6.07, 6.45) is 0. The molecule has 4 nitrogen and oxygen atoms in total. The van der Waals surface area contributed by atoms with E-state index < -0.39 is 6.04 Å². The van der Waals surface area contributed by atoms with Crippen molar-refractivity contribution in [1.82, 2.24) is 19.5 Å². The minimum atomic E-state index is -0.415. The van der Waals surface area contributed by atoms with E-state index in [0.717, 1.165) is 64.4 Å². The van der Waals surface area contributed by atoms with Crippen molar-refractivity contribution >= 4 is 53.3 Å². The molecule has 0 spiro atoms. The van der Waals surface area contributed by atoms with Crippen molar-refractivity contribution in [3.8, 4) is 62.1 Å². The van der Waals surface area contributed by atoms with Crippen LogP contribution in [-0.4, -0.2) is 19.5 Å². The second-order valence-electron chi connectivity index (χ2n) is 15.6. The largest absolute Gasteiger partial charge is 0.309 e. The Morgan fingerprint density at radius 3 is 1.92 bits per heavy atom. The van der Waals surface area contributed by atoms with Gasteiger partial charge in [-0.25, -0.2) is 15.0 Å². The fraction of sp³-hybridized carbons (Fsp3) is 0.0556. The third-order valence-electron chi connectivity index (χ3n) is 11.9. The highest BCUT2D eigenvalue weighted by molar-refractivity contribution is 7.26. The number of benzene rings is 8. The summed E-state index contributed by atoms with van der Waals surface area (Å²) in [5, 5.41) is 4.10. The fourth-order valence-corrected chi connectivity index (χ4v) is 10.4. The van der Waals surface area contributed by atoms with E-state index in [9.17, 15) is 0 Å². The molecule has 3 aromatic heterocycles. The Kier molecular flexibility index (Phi) is 6.36. The van der Waals surface area contributed by atoms with Crippen LogP contribution in [0, 0.1) is 0 Å². The van der Waals surface area contributed by atoms with E-state index in [-0.39, 0.29) is 35.1 Å². The number of fused-ring (bicyclic) bond motifs is 9. The van der Waals surface area contributed by atoms with Gasteiger partial charge in [0.1, 0.15) is 0 Å².